The summed E-state index contributed by atoms with van der Waals surface area (Å²) in [7, 11) is -0.846. The lowest BCUT2D eigenvalue weighted by atomic mass is 10.0. The Morgan fingerprint density at radius 3 is 0.862 bits per heavy atom. The first-order chi connectivity index (χ1) is 13.9. The van der Waals surface area contributed by atoms with Crippen LogP contribution in [0.2, 0.25) is 30.2 Å². The van der Waals surface area contributed by atoms with Crippen LogP contribution in [0, 0.1) is 0 Å². The van der Waals surface area contributed by atoms with Gasteiger partial charge in [0.15, 0.2) is 0 Å². The second-order valence-electron chi connectivity index (χ2n) is 9.33. The van der Waals surface area contributed by atoms with E-state index in [1.54, 1.807) is 6.04 Å². The molecule has 0 fully saturated rings. The zero-order valence-electron chi connectivity index (χ0n) is 20.0. The molecule has 0 atom stereocenters. The first kappa shape index (κ1) is 30.3. The van der Waals surface area contributed by atoms with Crippen molar-refractivity contribution < 1.29 is 0 Å². The van der Waals surface area contributed by atoms with Crippen molar-refractivity contribution in [1.82, 2.24) is 0 Å². The molecule has 0 saturated heterocycles. The van der Waals surface area contributed by atoms with Crippen molar-refractivity contribution in [3.8, 4) is 0 Å². The van der Waals surface area contributed by atoms with Gasteiger partial charge >= 0.3 is 6.00 Å². The van der Waals surface area contributed by atoms with Gasteiger partial charge in [-0.15, -0.1) is 33.2 Å². The average Bonchev–Trinajstić information content (AvgIpc) is 2.69. The molecule has 0 N–H and O–H groups in total. The van der Waals surface area contributed by atoms with Crippen molar-refractivity contribution in [2.75, 3.05) is 0 Å². The Morgan fingerprint density at radius 2 is 0.621 bits per heavy atom. The zero-order valence-corrected chi connectivity index (χ0v) is 24.3. The summed E-state index contributed by atoms with van der Waals surface area (Å²) in [4.78, 5) is 0. The molecular formula is C24H51Cl3Si2. The third kappa shape index (κ3) is 19.7. The molecule has 0 radical (unpaired) electrons. The maximum Gasteiger partial charge on any atom is 0.341 e. The molecule has 0 aromatic rings. The predicted octanol–water partition coefficient (Wildman–Crippen LogP) is 11.4. The number of rotatable bonds is 22. The molecule has 0 aliphatic rings. The largest absolute Gasteiger partial charge is 0.341 e. The molecule has 176 valence electrons. The molecule has 0 spiro atoms. The number of hydrogen-bond acceptors (Lipinski definition) is 0. The maximum atomic E-state index is 5.91. The molecule has 29 heavy (non-hydrogen) atoms. The molecule has 0 saturated carbocycles. The highest BCUT2D eigenvalue weighted by Crippen LogP contribution is 2.28. The van der Waals surface area contributed by atoms with Crippen molar-refractivity contribution in [1.29, 1.82) is 0 Å². The summed E-state index contributed by atoms with van der Waals surface area (Å²) in [5.74, 6) is 0. The van der Waals surface area contributed by atoms with Crippen molar-refractivity contribution in [2.45, 2.75) is 154 Å². The summed E-state index contributed by atoms with van der Waals surface area (Å²) in [6, 6.07) is 4.56. The van der Waals surface area contributed by atoms with E-state index in [-0.39, 0.29) is 0 Å². The van der Waals surface area contributed by atoms with E-state index in [4.69, 9.17) is 33.2 Å². The second kappa shape index (κ2) is 19.9. The molecule has 0 aromatic heterocycles. The fourth-order valence-corrected chi connectivity index (χ4v) is 9.99. The van der Waals surface area contributed by atoms with E-state index in [2.05, 4.69) is 20.8 Å². The fourth-order valence-electron chi connectivity index (χ4n) is 4.58. The third-order valence-corrected chi connectivity index (χ3v) is 15.7. The van der Waals surface area contributed by atoms with E-state index in [1.165, 1.54) is 114 Å². The van der Waals surface area contributed by atoms with Crippen LogP contribution in [-0.4, -0.2) is 14.1 Å². The Bertz CT molecular complexity index is 333. The van der Waals surface area contributed by atoms with Crippen molar-refractivity contribution in [3.05, 3.63) is 0 Å². The van der Waals surface area contributed by atoms with Gasteiger partial charge < -0.3 is 0 Å². The van der Waals surface area contributed by atoms with Gasteiger partial charge in [-0.05, 0) is 6.04 Å². The minimum Gasteiger partial charge on any atom is -0.126 e. The molecule has 0 nitrogen and oxygen atoms in total. The van der Waals surface area contributed by atoms with Gasteiger partial charge in [-0.25, -0.2) is 0 Å². The van der Waals surface area contributed by atoms with Crippen LogP contribution in [0.1, 0.15) is 124 Å². The number of hydrogen-bond donors (Lipinski definition) is 0. The van der Waals surface area contributed by atoms with Crippen LogP contribution in [0.5, 0.6) is 0 Å². The first-order valence-corrected chi connectivity index (χ1v) is 21.0. The third-order valence-electron chi connectivity index (χ3n) is 7.17. The quantitative estimate of drug-likeness (QED) is 0.0785. The van der Waals surface area contributed by atoms with E-state index in [9.17, 15) is 0 Å². The molecule has 0 heterocycles. The second-order valence-corrected chi connectivity index (χ2v) is 24.2. The summed E-state index contributed by atoms with van der Waals surface area (Å²) >= 11 is 17.7. The Kier molecular flexibility index (Phi) is 20.8. The normalized spacial score (nSPS) is 12.6. The van der Waals surface area contributed by atoms with Crippen LogP contribution in [-0.2, 0) is 0 Å². The van der Waals surface area contributed by atoms with E-state index >= 15 is 0 Å². The van der Waals surface area contributed by atoms with Gasteiger partial charge in [0.25, 0.3) is 0 Å². The summed E-state index contributed by atoms with van der Waals surface area (Å²) < 4.78 is 0. The van der Waals surface area contributed by atoms with E-state index in [1.807, 2.05) is 0 Å². The molecule has 0 aliphatic heterocycles. The van der Waals surface area contributed by atoms with Gasteiger partial charge in [-0.2, -0.15) is 0 Å². The minimum absolute atomic E-state index is 0.830. The van der Waals surface area contributed by atoms with Gasteiger partial charge in [0.05, 0.1) is 8.07 Å². The highest BCUT2D eigenvalue weighted by Gasteiger charge is 2.25. The standard InChI is InChI=1S/C24H51Cl3Si2/c1-4-28(5-2,6-3)23-21-19-17-15-13-11-9-7-8-10-12-14-16-18-20-22-24-29(25,26)27/h4-24H2,1-3H3. The smallest absolute Gasteiger partial charge is 0.126 e. The van der Waals surface area contributed by atoms with Crippen molar-refractivity contribution in [3.63, 3.8) is 0 Å². The van der Waals surface area contributed by atoms with Crippen LogP contribution in [0.4, 0.5) is 0 Å². The van der Waals surface area contributed by atoms with E-state index < -0.39 is 14.1 Å². The summed E-state index contributed by atoms with van der Waals surface area (Å²) in [6.07, 6.45) is 22.5. The van der Waals surface area contributed by atoms with Crippen LogP contribution in [0.15, 0.2) is 0 Å². The molecule has 0 unspecified atom stereocenters. The van der Waals surface area contributed by atoms with Crippen LogP contribution < -0.4 is 0 Å². The lowest BCUT2D eigenvalue weighted by Gasteiger charge is -2.28. The van der Waals surface area contributed by atoms with Gasteiger partial charge in [0.1, 0.15) is 0 Å². The van der Waals surface area contributed by atoms with Crippen LogP contribution >= 0.6 is 33.2 Å². The lowest BCUT2D eigenvalue weighted by Crippen LogP contribution is -2.30. The fraction of sp³-hybridized carbons (Fsp3) is 1.00. The molecule has 0 rings (SSSR count). The lowest BCUT2D eigenvalue weighted by molar-refractivity contribution is 0.531. The van der Waals surface area contributed by atoms with Gasteiger partial charge in [-0.1, -0.05) is 148 Å². The Hall–Kier alpha value is 1.30. The maximum absolute atomic E-state index is 5.91. The van der Waals surface area contributed by atoms with E-state index in [0.717, 1.165) is 12.5 Å². The Morgan fingerprint density at radius 1 is 0.379 bits per heavy atom. The molecule has 0 bridgehead atoms. The molecule has 5 heteroatoms. The van der Waals surface area contributed by atoms with Gasteiger partial charge in [0.2, 0.25) is 0 Å². The summed E-state index contributed by atoms with van der Waals surface area (Å²) in [6.45, 7) is 7.33. The number of halogens is 3. The number of unbranched alkanes of at least 4 members (excludes halogenated alkanes) is 15. The minimum atomic E-state index is -2.36. The van der Waals surface area contributed by atoms with E-state index in [0.29, 0.717) is 0 Å². The highest BCUT2D eigenvalue weighted by molar-refractivity contribution is 7.64. The van der Waals surface area contributed by atoms with Crippen LogP contribution in [0.25, 0.3) is 0 Å². The molecule has 0 aromatic carbocycles. The van der Waals surface area contributed by atoms with Gasteiger partial charge in [-0.3, -0.25) is 0 Å². The van der Waals surface area contributed by atoms with Crippen molar-refractivity contribution in [2.24, 2.45) is 0 Å². The monoisotopic (exact) mass is 500 g/mol. The molecule has 0 amide bonds. The highest BCUT2D eigenvalue weighted by atomic mass is 35.8. The van der Waals surface area contributed by atoms with Crippen LogP contribution in [0.3, 0.4) is 0 Å². The SMILES string of the molecule is CC[Si](CC)(CC)CCCCCCCCCCCCCCCCCC[Si](Cl)(Cl)Cl. The van der Waals surface area contributed by atoms with Crippen molar-refractivity contribution >= 4 is 47.3 Å². The average molecular weight is 502 g/mol. The predicted molar refractivity (Wildman–Crippen MR) is 144 cm³/mol. The zero-order chi connectivity index (χ0) is 21.8. The topological polar surface area (TPSA) is 0 Å². The molecule has 0 aliphatic carbocycles. The Labute approximate surface area is 200 Å². The Balaban J connectivity index is 3.23. The first-order valence-electron chi connectivity index (χ1n) is 13.0. The summed E-state index contributed by atoms with van der Waals surface area (Å²) in [5, 5.41) is 0. The van der Waals surface area contributed by atoms with Gasteiger partial charge in [0, 0.05) is 0 Å². The molecular weight excluding hydrogens is 451 g/mol. The summed E-state index contributed by atoms with van der Waals surface area (Å²) in [5.41, 5.74) is 0.